The number of phenolic OH excluding ortho intramolecular Hbond substituents is 1. The maximum Gasteiger partial charge on any atom is 0.407 e. The molecule has 0 bridgehead atoms. The predicted octanol–water partition coefficient (Wildman–Crippen LogP) is 4.07. The van der Waals surface area contributed by atoms with Crippen molar-refractivity contribution in [2.75, 3.05) is 31.5 Å². The van der Waals surface area contributed by atoms with E-state index in [-0.39, 0.29) is 43.0 Å². The molecular formula is C38H52N8O6. The molecular weight excluding hydrogens is 664 g/mol. The number of amides is 5. The van der Waals surface area contributed by atoms with E-state index in [0.29, 0.717) is 32.5 Å². The van der Waals surface area contributed by atoms with Crippen molar-refractivity contribution >= 4 is 35.6 Å². The Balaban J connectivity index is 1.70. The molecule has 0 heterocycles. The topological polar surface area (TPSA) is 208 Å². The number of nitrogens with one attached hydrogen (secondary N) is 6. The first-order chi connectivity index (χ1) is 24.8. The molecule has 9 N–H and O–H groups in total. The minimum absolute atomic E-state index is 0.0529. The molecule has 14 nitrogen and oxygen atoms in total. The van der Waals surface area contributed by atoms with Crippen molar-refractivity contribution < 1.29 is 29.0 Å². The second-order valence-corrected chi connectivity index (χ2v) is 13.0. The first-order valence-corrected chi connectivity index (χ1v) is 17.4. The SMILES string of the molecule is CCNC(=O)NC(N)=NCCC[C@@H](NC(=O)C(c1ccccc1)c1ccc(NCCCNC(=O)OC(C)(C)C)cc1)C(=O)NCc1ccc(O)cc1. The van der Waals surface area contributed by atoms with Crippen molar-refractivity contribution in [2.45, 2.75) is 71.1 Å². The van der Waals surface area contributed by atoms with Crippen LogP contribution in [0.15, 0.2) is 83.9 Å². The van der Waals surface area contributed by atoms with E-state index < -0.39 is 29.7 Å². The Kier molecular flexibility index (Phi) is 16.2. The number of alkyl carbamates (subject to hydrolysis) is 1. The average Bonchev–Trinajstić information content (AvgIpc) is 3.09. The molecule has 5 amide bonds. The summed E-state index contributed by atoms with van der Waals surface area (Å²) in [7, 11) is 0. The average molecular weight is 717 g/mol. The molecule has 14 heteroatoms. The number of rotatable bonds is 17. The van der Waals surface area contributed by atoms with E-state index >= 15 is 0 Å². The molecule has 3 aromatic rings. The predicted molar refractivity (Wildman–Crippen MR) is 202 cm³/mol. The molecule has 3 rings (SSSR count). The number of guanidine groups is 1. The van der Waals surface area contributed by atoms with E-state index in [9.17, 15) is 24.3 Å². The summed E-state index contributed by atoms with van der Waals surface area (Å²) >= 11 is 0. The Bertz CT molecular complexity index is 1610. The third-order valence-electron chi connectivity index (χ3n) is 7.54. The highest BCUT2D eigenvalue weighted by molar-refractivity contribution is 5.95. The number of hydrogen-bond acceptors (Lipinski definition) is 8. The number of carbonyl (C=O) groups is 4. The highest BCUT2D eigenvalue weighted by atomic mass is 16.6. The number of aliphatic imine (C=N–C) groups is 1. The van der Waals surface area contributed by atoms with Crippen molar-refractivity contribution in [1.29, 1.82) is 0 Å². The molecule has 52 heavy (non-hydrogen) atoms. The van der Waals surface area contributed by atoms with Gasteiger partial charge in [0.2, 0.25) is 11.8 Å². The van der Waals surface area contributed by atoms with Gasteiger partial charge < -0.3 is 42.2 Å². The molecule has 3 aromatic carbocycles. The fourth-order valence-corrected chi connectivity index (χ4v) is 5.07. The van der Waals surface area contributed by atoms with Crippen LogP contribution in [0.4, 0.5) is 15.3 Å². The van der Waals surface area contributed by atoms with Gasteiger partial charge in [-0.25, -0.2) is 9.59 Å². The largest absolute Gasteiger partial charge is 0.508 e. The van der Waals surface area contributed by atoms with Gasteiger partial charge in [-0.3, -0.25) is 19.9 Å². The Morgan fingerprint density at radius 2 is 1.50 bits per heavy atom. The molecule has 0 fully saturated rings. The Hall–Kier alpha value is -5.79. The zero-order valence-corrected chi connectivity index (χ0v) is 30.3. The molecule has 0 spiro atoms. The normalized spacial score (nSPS) is 12.5. The van der Waals surface area contributed by atoms with Crippen LogP contribution >= 0.6 is 0 Å². The number of nitrogens with two attached hydrogens (primary N) is 1. The van der Waals surface area contributed by atoms with Gasteiger partial charge in [0.1, 0.15) is 17.4 Å². The first kappa shape index (κ1) is 40.6. The standard InChI is InChI=1S/C38H52N8O6/c1-5-40-36(50)46-35(39)42-22-9-13-31(33(48)44-25-26-14-20-30(47)21-15-26)45-34(49)32(27-11-7-6-8-12-27)28-16-18-29(19-17-28)41-23-10-24-43-37(51)52-38(2,3)4/h6-8,11-12,14-21,31-32,41,47H,5,9-10,13,22-25H2,1-4H3,(H,43,51)(H,44,48)(H,45,49)(H4,39,40,42,46,50)/t31-,32?/m1/s1. The quantitative estimate of drug-likeness (QED) is 0.0579. The minimum Gasteiger partial charge on any atom is -0.508 e. The van der Waals surface area contributed by atoms with Gasteiger partial charge >= 0.3 is 12.1 Å². The molecule has 280 valence electrons. The number of nitrogens with zero attached hydrogens (tertiary/aromatic N) is 1. The van der Waals surface area contributed by atoms with Crippen LogP contribution in [0, 0.1) is 0 Å². The Labute approximate surface area is 305 Å². The van der Waals surface area contributed by atoms with Gasteiger partial charge in [0.25, 0.3) is 0 Å². The Morgan fingerprint density at radius 3 is 2.15 bits per heavy atom. The second-order valence-electron chi connectivity index (χ2n) is 13.0. The molecule has 2 atom stereocenters. The van der Waals surface area contributed by atoms with Crippen molar-refractivity contribution in [3.63, 3.8) is 0 Å². The summed E-state index contributed by atoms with van der Waals surface area (Å²) < 4.78 is 5.26. The number of benzene rings is 3. The fraction of sp³-hybridized carbons (Fsp3) is 0.395. The van der Waals surface area contributed by atoms with Crippen LogP contribution in [0.25, 0.3) is 0 Å². The van der Waals surface area contributed by atoms with Gasteiger partial charge in [0, 0.05) is 38.4 Å². The van der Waals surface area contributed by atoms with E-state index in [1.165, 1.54) is 12.1 Å². The number of carbonyl (C=O) groups excluding carboxylic acids is 4. The monoisotopic (exact) mass is 716 g/mol. The summed E-state index contributed by atoms with van der Waals surface area (Å²) in [5, 5.41) is 26.5. The van der Waals surface area contributed by atoms with Crippen LogP contribution in [-0.2, 0) is 20.9 Å². The highest BCUT2D eigenvalue weighted by Gasteiger charge is 2.28. The van der Waals surface area contributed by atoms with Crippen molar-refractivity contribution in [1.82, 2.24) is 26.6 Å². The number of phenols is 1. The zero-order valence-electron chi connectivity index (χ0n) is 30.3. The molecule has 0 aliphatic heterocycles. The fourth-order valence-electron chi connectivity index (χ4n) is 5.07. The lowest BCUT2D eigenvalue weighted by Crippen LogP contribution is -2.48. The van der Waals surface area contributed by atoms with Crippen molar-refractivity contribution in [2.24, 2.45) is 10.7 Å². The van der Waals surface area contributed by atoms with Gasteiger partial charge in [0.05, 0.1) is 5.92 Å². The summed E-state index contributed by atoms with van der Waals surface area (Å²) in [5.41, 5.74) is 8.38. The van der Waals surface area contributed by atoms with Crippen LogP contribution in [0.2, 0.25) is 0 Å². The second kappa shape index (κ2) is 20.8. The number of urea groups is 1. The summed E-state index contributed by atoms with van der Waals surface area (Å²) in [6, 6.07) is 21.9. The van der Waals surface area contributed by atoms with E-state index in [0.717, 1.165) is 22.4 Å². The van der Waals surface area contributed by atoms with Gasteiger partial charge in [0.15, 0.2) is 5.96 Å². The summed E-state index contributed by atoms with van der Waals surface area (Å²) in [5.74, 6) is -1.39. The van der Waals surface area contributed by atoms with Crippen LogP contribution < -0.4 is 37.6 Å². The van der Waals surface area contributed by atoms with Crippen molar-refractivity contribution in [3.8, 4) is 5.75 Å². The third kappa shape index (κ3) is 15.0. The third-order valence-corrected chi connectivity index (χ3v) is 7.54. The van der Waals surface area contributed by atoms with Crippen LogP contribution in [0.5, 0.6) is 5.75 Å². The lowest BCUT2D eigenvalue weighted by atomic mass is 9.90. The molecule has 0 aromatic heterocycles. The van der Waals surface area contributed by atoms with E-state index in [1.807, 2.05) is 75.4 Å². The van der Waals surface area contributed by atoms with Crippen LogP contribution in [0.3, 0.4) is 0 Å². The summed E-state index contributed by atoms with van der Waals surface area (Å²) in [6.45, 7) is 9.11. The van der Waals surface area contributed by atoms with Crippen molar-refractivity contribution in [3.05, 3.63) is 95.6 Å². The number of aromatic hydroxyl groups is 1. The molecule has 0 saturated carbocycles. The number of hydrogen-bond donors (Lipinski definition) is 8. The van der Waals surface area contributed by atoms with Gasteiger partial charge in [-0.05, 0) is 87.9 Å². The number of anilines is 1. The van der Waals surface area contributed by atoms with Crippen LogP contribution in [0.1, 0.15) is 69.6 Å². The first-order valence-electron chi connectivity index (χ1n) is 17.4. The van der Waals surface area contributed by atoms with Gasteiger partial charge in [-0.1, -0.05) is 54.6 Å². The maximum atomic E-state index is 14.1. The number of ether oxygens (including phenoxy) is 1. The Morgan fingerprint density at radius 1 is 0.827 bits per heavy atom. The molecule has 0 saturated heterocycles. The zero-order chi connectivity index (χ0) is 37.9. The van der Waals surface area contributed by atoms with Crippen LogP contribution in [-0.4, -0.2) is 72.8 Å². The molecule has 1 unspecified atom stereocenters. The lowest BCUT2D eigenvalue weighted by Gasteiger charge is -2.23. The van der Waals surface area contributed by atoms with Gasteiger partial charge in [-0.2, -0.15) is 0 Å². The molecule has 0 aliphatic rings. The smallest absolute Gasteiger partial charge is 0.407 e. The summed E-state index contributed by atoms with van der Waals surface area (Å²) in [6.07, 6.45) is 0.856. The lowest BCUT2D eigenvalue weighted by molar-refractivity contribution is -0.129. The summed E-state index contributed by atoms with van der Waals surface area (Å²) in [4.78, 5) is 55.4. The van der Waals surface area contributed by atoms with E-state index in [4.69, 9.17) is 10.5 Å². The molecule has 0 aliphatic carbocycles. The van der Waals surface area contributed by atoms with Gasteiger partial charge in [-0.15, -0.1) is 0 Å². The maximum absolute atomic E-state index is 14.1. The van der Waals surface area contributed by atoms with E-state index in [1.54, 1.807) is 19.1 Å². The molecule has 0 radical (unpaired) electrons. The highest BCUT2D eigenvalue weighted by Crippen LogP contribution is 2.27. The minimum atomic E-state index is -0.904. The van der Waals surface area contributed by atoms with E-state index in [2.05, 4.69) is 36.9 Å².